The van der Waals surface area contributed by atoms with E-state index in [1.165, 1.54) is 0 Å². The zero-order valence-corrected chi connectivity index (χ0v) is 14.6. The van der Waals surface area contributed by atoms with Crippen molar-refractivity contribution in [2.24, 2.45) is 0 Å². The van der Waals surface area contributed by atoms with E-state index in [4.69, 9.17) is 4.74 Å². The summed E-state index contributed by atoms with van der Waals surface area (Å²) in [5.41, 5.74) is -0.423. The van der Waals surface area contributed by atoms with Crippen molar-refractivity contribution in [2.75, 3.05) is 13.2 Å². The molecule has 0 heterocycles. The molecule has 2 N–H and O–H groups in total. The van der Waals surface area contributed by atoms with Crippen LogP contribution < -0.4 is 10.0 Å². The summed E-state index contributed by atoms with van der Waals surface area (Å²) in [6, 6.07) is 4.13. The third-order valence-corrected chi connectivity index (χ3v) is 4.67. The zero-order chi connectivity index (χ0) is 18.4. The van der Waals surface area contributed by atoms with Gasteiger partial charge in [0.05, 0.1) is 4.90 Å². The fourth-order valence-electron chi connectivity index (χ4n) is 1.55. The summed E-state index contributed by atoms with van der Waals surface area (Å²) in [6.45, 7) is 4.41. The normalized spacial score (nSPS) is 11.8. The number of halogens is 1. The Morgan fingerprint density at radius 2 is 1.79 bits per heavy atom. The van der Waals surface area contributed by atoms with Crippen molar-refractivity contribution >= 4 is 21.9 Å². The maximum absolute atomic E-state index is 12.8. The molecule has 0 spiro atoms. The molecule has 0 saturated carbocycles. The molecule has 0 unspecified atom stereocenters. The maximum atomic E-state index is 12.8. The van der Waals surface area contributed by atoms with Crippen LogP contribution in [0.25, 0.3) is 0 Å². The van der Waals surface area contributed by atoms with Crippen molar-refractivity contribution in [2.45, 2.75) is 37.6 Å². The van der Waals surface area contributed by atoms with E-state index in [0.29, 0.717) is 6.42 Å². The summed E-state index contributed by atoms with van der Waals surface area (Å²) in [7, 11) is -3.96. The quantitative estimate of drug-likeness (QED) is 0.672. The van der Waals surface area contributed by atoms with Crippen LogP contribution in [-0.4, -0.2) is 39.0 Å². The molecule has 1 aromatic rings. The first-order valence-corrected chi connectivity index (χ1v) is 8.76. The second kappa shape index (κ2) is 8.20. The summed E-state index contributed by atoms with van der Waals surface area (Å²) in [6.07, 6.45) is 0.699. The number of hydrogen-bond donors (Lipinski definition) is 2. The Labute approximate surface area is 140 Å². The van der Waals surface area contributed by atoms with Crippen molar-refractivity contribution < 1.29 is 27.1 Å². The molecule has 24 heavy (non-hydrogen) atoms. The summed E-state index contributed by atoms with van der Waals surface area (Å²) >= 11 is 0. The van der Waals surface area contributed by atoms with Crippen LogP contribution in [0, 0.1) is 5.82 Å². The SMILES string of the molecule is CCC(C)(C)NC(=O)COC(=O)CNS(=O)(=O)c1ccc(F)cc1. The highest BCUT2D eigenvalue weighted by Crippen LogP contribution is 2.09. The van der Waals surface area contributed by atoms with Crippen LogP contribution in [0.5, 0.6) is 0 Å². The Hall–Kier alpha value is -2.00. The van der Waals surface area contributed by atoms with Crippen molar-refractivity contribution in [3.05, 3.63) is 30.1 Å². The third kappa shape index (κ3) is 6.63. The smallest absolute Gasteiger partial charge is 0.321 e. The van der Waals surface area contributed by atoms with Gasteiger partial charge in [-0.3, -0.25) is 9.59 Å². The predicted octanol–water partition coefficient (Wildman–Crippen LogP) is 0.952. The van der Waals surface area contributed by atoms with Gasteiger partial charge in [0.15, 0.2) is 6.61 Å². The molecule has 9 heteroatoms. The number of hydrogen-bond acceptors (Lipinski definition) is 5. The Kier molecular flexibility index (Phi) is 6.85. The molecule has 134 valence electrons. The van der Waals surface area contributed by atoms with Gasteiger partial charge >= 0.3 is 5.97 Å². The number of benzene rings is 1. The van der Waals surface area contributed by atoms with Gasteiger partial charge in [-0.15, -0.1) is 0 Å². The Morgan fingerprint density at radius 3 is 2.33 bits per heavy atom. The minimum absolute atomic E-state index is 0.181. The average Bonchev–Trinajstić information content (AvgIpc) is 2.51. The van der Waals surface area contributed by atoms with E-state index < -0.39 is 46.4 Å². The number of rotatable bonds is 8. The monoisotopic (exact) mass is 360 g/mol. The first-order chi connectivity index (χ1) is 11.1. The van der Waals surface area contributed by atoms with Gasteiger partial charge in [0, 0.05) is 5.54 Å². The summed E-state index contributed by atoms with van der Waals surface area (Å²) in [5.74, 6) is -1.95. The van der Waals surface area contributed by atoms with Gasteiger partial charge in [-0.1, -0.05) is 6.92 Å². The lowest BCUT2D eigenvalue weighted by molar-refractivity contribution is -0.147. The molecular formula is C15H21FN2O5S. The Balaban J connectivity index is 2.46. The number of nitrogens with one attached hydrogen (secondary N) is 2. The molecule has 1 amide bonds. The zero-order valence-electron chi connectivity index (χ0n) is 13.8. The van der Waals surface area contributed by atoms with Crippen LogP contribution in [0.3, 0.4) is 0 Å². The summed E-state index contributed by atoms with van der Waals surface area (Å²) in [5, 5.41) is 2.67. The molecule has 0 aliphatic carbocycles. The van der Waals surface area contributed by atoms with E-state index in [1.807, 2.05) is 25.5 Å². The number of ether oxygens (including phenoxy) is 1. The van der Waals surface area contributed by atoms with Crippen molar-refractivity contribution in [3.63, 3.8) is 0 Å². The number of carbonyl (C=O) groups is 2. The lowest BCUT2D eigenvalue weighted by Gasteiger charge is -2.24. The molecule has 0 aromatic heterocycles. The van der Waals surface area contributed by atoms with E-state index in [0.717, 1.165) is 24.3 Å². The highest BCUT2D eigenvalue weighted by atomic mass is 32.2. The standard InChI is InChI=1S/C15H21FN2O5S/c1-4-15(2,3)18-13(19)10-23-14(20)9-17-24(21,22)12-7-5-11(16)6-8-12/h5-8,17H,4,9-10H2,1-3H3,(H,18,19). The average molecular weight is 360 g/mol. The van der Waals surface area contributed by atoms with Crippen LogP contribution >= 0.6 is 0 Å². The fourth-order valence-corrected chi connectivity index (χ4v) is 2.52. The van der Waals surface area contributed by atoms with Gasteiger partial charge in [0.2, 0.25) is 10.0 Å². The Bertz CT molecular complexity index is 686. The van der Waals surface area contributed by atoms with Gasteiger partial charge in [-0.05, 0) is 44.5 Å². The van der Waals surface area contributed by atoms with Crippen molar-refractivity contribution in [1.29, 1.82) is 0 Å². The number of esters is 1. The van der Waals surface area contributed by atoms with Gasteiger partial charge in [0.25, 0.3) is 5.91 Å². The lowest BCUT2D eigenvalue weighted by atomic mass is 10.0. The molecule has 7 nitrogen and oxygen atoms in total. The van der Waals surface area contributed by atoms with Gasteiger partial charge in [0.1, 0.15) is 12.4 Å². The highest BCUT2D eigenvalue weighted by Gasteiger charge is 2.20. The number of amides is 1. The van der Waals surface area contributed by atoms with E-state index in [9.17, 15) is 22.4 Å². The number of carbonyl (C=O) groups excluding carboxylic acids is 2. The molecule has 1 aromatic carbocycles. The second-order valence-electron chi connectivity index (χ2n) is 5.72. The molecule has 0 aliphatic rings. The molecule has 0 atom stereocenters. The van der Waals surface area contributed by atoms with E-state index >= 15 is 0 Å². The topological polar surface area (TPSA) is 102 Å². The molecule has 0 aliphatic heterocycles. The van der Waals surface area contributed by atoms with Crippen LogP contribution in [-0.2, 0) is 24.3 Å². The molecule has 0 saturated heterocycles. The van der Waals surface area contributed by atoms with Crippen LogP contribution in [0.4, 0.5) is 4.39 Å². The summed E-state index contributed by atoms with van der Waals surface area (Å²) in [4.78, 5) is 23.0. The van der Waals surface area contributed by atoms with Crippen molar-refractivity contribution in [3.8, 4) is 0 Å². The summed E-state index contributed by atoms with van der Waals surface area (Å²) < 4.78 is 43.3. The van der Waals surface area contributed by atoms with Crippen LogP contribution in [0.2, 0.25) is 0 Å². The fraction of sp³-hybridized carbons (Fsp3) is 0.467. The molecule has 0 bridgehead atoms. The molecular weight excluding hydrogens is 339 g/mol. The van der Waals surface area contributed by atoms with E-state index in [1.54, 1.807) is 0 Å². The highest BCUT2D eigenvalue weighted by molar-refractivity contribution is 7.89. The first kappa shape index (κ1) is 20.0. The van der Waals surface area contributed by atoms with Gasteiger partial charge < -0.3 is 10.1 Å². The minimum Gasteiger partial charge on any atom is -0.455 e. The predicted molar refractivity (Wildman–Crippen MR) is 85.1 cm³/mol. The Morgan fingerprint density at radius 1 is 1.21 bits per heavy atom. The van der Waals surface area contributed by atoms with Gasteiger partial charge in [-0.2, -0.15) is 4.72 Å². The molecule has 1 rings (SSSR count). The third-order valence-electron chi connectivity index (χ3n) is 3.26. The second-order valence-corrected chi connectivity index (χ2v) is 7.49. The molecule has 0 radical (unpaired) electrons. The largest absolute Gasteiger partial charge is 0.455 e. The molecule has 0 fully saturated rings. The lowest BCUT2D eigenvalue weighted by Crippen LogP contribution is -2.45. The first-order valence-electron chi connectivity index (χ1n) is 7.27. The van der Waals surface area contributed by atoms with Crippen LogP contribution in [0.15, 0.2) is 29.2 Å². The van der Waals surface area contributed by atoms with Gasteiger partial charge in [-0.25, -0.2) is 12.8 Å². The minimum atomic E-state index is -3.96. The van der Waals surface area contributed by atoms with E-state index in [2.05, 4.69) is 5.32 Å². The van der Waals surface area contributed by atoms with Crippen LogP contribution in [0.1, 0.15) is 27.2 Å². The maximum Gasteiger partial charge on any atom is 0.321 e. The van der Waals surface area contributed by atoms with Crippen molar-refractivity contribution in [1.82, 2.24) is 10.0 Å². The number of sulfonamides is 1. The van der Waals surface area contributed by atoms with E-state index in [-0.39, 0.29) is 4.90 Å².